The van der Waals surface area contributed by atoms with Gasteiger partial charge in [-0.3, -0.25) is 14.0 Å². The fraction of sp³-hybridized carbons (Fsp3) is 0.375. The Morgan fingerprint density at radius 3 is 3.00 bits per heavy atom. The van der Waals surface area contributed by atoms with Crippen molar-refractivity contribution in [3.05, 3.63) is 80.2 Å². The third-order valence-corrected chi connectivity index (χ3v) is 7.42. The lowest BCUT2D eigenvalue weighted by molar-refractivity contribution is 0.462. The van der Waals surface area contributed by atoms with Gasteiger partial charge in [0.2, 0.25) is 0 Å². The quantitative estimate of drug-likeness (QED) is 0.487. The Labute approximate surface area is 189 Å². The van der Waals surface area contributed by atoms with Gasteiger partial charge >= 0.3 is 0 Å². The maximum atomic E-state index is 13.4. The molecule has 0 aliphatic heterocycles. The molecule has 1 aromatic carbocycles. The van der Waals surface area contributed by atoms with Crippen molar-refractivity contribution < 1.29 is 4.39 Å². The second-order valence-electron chi connectivity index (χ2n) is 8.54. The summed E-state index contributed by atoms with van der Waals surface area (Å²) >= 11 is 1.64. The molecular formula is C24H26FN5OS. The highest BCUT2D eigenvalue weighted by molar-refractivity contribution is 7.18. The normalized spacial score (nSPS) is 15.9. The number of halogens is 1. The van der Waals surface area contributed by atoms with Gasteiger partial charge in [0.05, 0.1) is 17.4 Å². The largest absolute Gasteiger partial charge is 0.309 e. The molecule has 0 radical (unpaired) electrons. The maximum Gasteiger partial charge on any atom is 0.262 e. The lowest BCUT2D eigenvalue weighted by atomic mass is 9.93. The minimum absolute atomic E-state index is 0.0151. The zero-order valence-corrected chi connectivity index (χ0v) is 19.1. The first-order valence-electron chi connectivity index (χ1n) is 10.9. The smallest absolute Gasteiger partial charge is 0.262 e. The highest BCUT2D eigenvalue weighted by Crippen LogP contribution is 2.33. The van der Waals surface area contributed by atoms with Crippen LogP contribution in [0.3, 0.4) is 0 Å². The highest BCUT2D eigenvalue weighted by atomic mass is 32.1. The number of nitrogens with zero attached hydrogens (tertiary/aromatic N) is 4. The van der Waals surface area contributed by atoms with Crippen LogP contribution in [0.2, 0.25) is 0 Å². The maximum absolute atomic E-state index is 13.4. The highest BCUT2D eigenvalue weighted by Gasteiger charge is 2.25. The van der Waals surface area contributed by atoms with E-state index in [0.29, 0.717) is 19.0 Å². The molecule has 1 aliphatic rings. The summed E-state index contributed by atoms with van der Waals surface area (Å²) in [7, 11) is 1.94. The van der Waals surface area contributed by atoms with Crippen LogP contribution in [0.1, 0.15) is 33.7 Å². The van der Waals surface area contributed by atoms with E-state index in [9.17, 15) is 9.18 Å². The summed E-state index contributed by atoms with van der Waals surface area (Å²) in [5.41, 5.74) is 4.33. The lowest BCUT2D eigenvalue weighted by Gasteiger charge is -2.23. The van der Waals surface area contributed by atoms with Crippen molar-refractivity contribution in [2.24, 2.45) is 7.05 Å². The van der Waals surface area contributed by atoms with Gasteiger partial charge in [-0.15, -0.1) is 11.3 Å². The Kier molecular flexibility index (Phi) is 5.65. The molecule has 0 saturated carbocycles. The van der Waals surface area contributed by atoms with Gasteiger partial charge in [-0.25, -0.2) is 9.37 Å². The van der Waals surface area contributed by atoms with Crippen molar-refractivity contribution in [3.8, 4) is 0 Å². The van der Waals surface area contributed by atoms with E-state index in [-0.39, 0.29) is 11.4 Å². The second-order valence-corrected chi connectivity index (χ2v) is 9.62. The summed E-state index contributed by atoms with van der Waals surface area (Å²) in [6.45, 7) is 3.33. The molecule has 1 atom stereocenters. The van der Waals surface area contributed by atoms with Crippen molar-refractivity contribution in [2.75, 3.05) is 0 Å². The third kappa shape index (κ3) is 4.12. The molecule has 1 N–H and O–H groups in total. The standard InChI is InChI=1S/C24H26FN5OS/c1-15-17(13-29(2)28-15)12-26-19-6-7-20-21(11-19)32-23-22(20)24(31)30(14-27-23)9-8-16-4-3-5-18(25)10-16/h3-5,10,13-14,19,26H,6-9,11-12H2,1-2H3. The van der Waals surface area contributed by atoms with Crippen molar-refractivity contribution in [1.82, 2.24) is 24.6 Å². The minimum atomic E-state index is -0.253. The van der Waals surface area contributed by atoms with Crippen molar-refractivity contribution in [2.45, 2.75) is 51.7 Å². The predicted octanol–water partition coefficient (Wildman–Crippen LogP) is 3.53. The van der Waals surface area contributed by atoms with Gasteiger partial charge < -0.3 is 5.32 Å². The van der Waals surface area contributed by atoms with E-state index < -0.39 is 0 Å². The van der Waals surface area contributed by atoms with Gasteiger partial charge in [-0.05, 0) is 55.9 Å². The molecular weight excluding hydrogens is 425 g/mol. The molecule has 32 heavy (non-hydrogen) atoms. The van der Waals surface area contributed by atoms with Crippen LogP contribution in [0, 0.1) is 12.7 Å². The molecule has 8 heteroatoms. The van der Waals surface area contributed by atoms with Gasteiger partial charge in [-0.1, -0.05) is 12.1 Å². The fourth-order valence-corrected chi connectivity index (χ4v) is 5.81. The number of aromatic nitrogens is 4. The Morgan fingerprint density at radius 2 is 2.22 bits per heavy atom. The van der Waals surface area contributed by atoms with Crippen molar-refractivity contribution in [3.63, 3.8) is 0 Å². The SMILES string of the molecule is Cc1nn(C)cc1CNC1CCc2c(sc3ncn(CCc4cccc(F)c4)c(=O)c23)C1. The predicted molar refractivity (Wildman–Crippen MR) is 125 cm³/mol. The van der Waals surface area contributed by atoms with E-state index in [1.165, 1.54) is 28.1 Å². The summed E-state index contributed by atoms with van der Waals surface area (Å²) in [6.07, 6.45) is 7.08. The Morgan fingerprint density at radius 1 is 1.34 bits per heavy atom. The number of hydrogen-bond acceptors (Lipinski definition) is 5. The van der Waals surface area contributed by atoms with E-state index in [1.807, 2.05) is 24.7 Å². The van der Waals surface area contributed by atoms with E-state index in [2.05, 4.69) is 21.6 Å². The lowest BCUT2D eigenvalue weighted by Crippen LogP contribution is -2.34. The molecule has 1 unspecified atom stereocenters. The van der Waals surface area contributed by atoms with Crippen LogP contribution in [0.4, 0.5) is 4.39 Å². The Balaban J connectivity index is 1.32. The molecule has 0 spiro atoms. The number of aryl methyl sites for hydroxylation is 5. The first-order valence-corrected chi connectivity index (χ1v) is 11.8. The van der Waals surface area contributed by atoms with Crippen molar-refractivity contribution >= 4 is 21.6 Å². The fourth-order valence-electron chi connectivity index (χ4n) is 4.55. The molecule has 0 amide bonds. The molecule has 3 heterocycles. The number of fused-ring (bicyclic) bond motifs is 3. The van der Waals surface area contributed by atoms with Gasteiger partial charge in [0.25, 0.3) is 5.56 Å². The summed E-state index contributed by atoms with van der Waals surface area (Å²) < 4.78 is 17.0. The van der Waals surface area contributed by atoms with Crippen LogP contribution >= 0.6 is 11.3 Å². The minimum Gasteiger partial charge on any atom is -0.309 e. The second kappa shape index (κ2) is 8.60. The van der Waals surface area contributed by atoms with Gasteiger partial charge in [-0.2, -0.15) is 5.10 Å². The van der Waals surface area contributed by atoms with Crippen LogP contribution in [-0.2, 0) is 39.4 Å². The summed E-state index contributed by atoms with van der Waals surface area (Å²) in [5, 5.41) is 8.85. The molecule has 6 nitrogen and oxygen atoms in total. The van der Waals surface area contributed by atoms with Crippen LogP contribution in [-0.4, -0.2) is 25.4 Å². The third-order valence-electron chi connectivity index (χ3n) is 6.26. The topological polar surface area (TPSA) is 64.7 Å². The Hall–Kier alpha value is -2.84. The van der Waals surface area contributed by atoms with E-state index >= 15 is 0 Å². The summed E-state index contributed by atoms with van der Waals surface area (Å²) in [4.78, 5) is 19.9. The van der Waals surface area contributed by atoms with E-state index in [1.54, 1.807) is 28.3 Å². The van der Waals surface area contributed by atoms with Gasteiger partial charge in [0.1, 0.15) is 10.6 Å². The van der Waals surface area contributed by atoms with E-state index in [4.69, 9.17) is 0 Å². The van der Waals surface area contributed by atoms with Crippen LogP contribution in [0.5, 0.6) is 0 Å². The van der Waals surface area contributed by atoms with E-state index in [0.717, 1.165) is 47.3 Å². The van der Waals surface area contributed by atoms with Crippen molar-refractivity contribution in [1.29, 1.82) is 0 Å². The number of benzene rings is 1. The molecule has 0 fully saturated rings. The number of thiophene rings is 1. The molecule has 5 rings (SSSR count). The number of hydrogen-bond donors (Lipinski definition) is 1. The average Bonchev–Trinajstić information content (AvgIpc) is 3.30. The summed E-state index contributed by atoms with van der Waals surface area (Å²) in [6, 6.07) is 6.91. The first kappa shape index (κ1) is 21.0. The molecule has 4 aromatic rings. The van der Waals surface area contributed by atoms with Gasteiger partial charge in [0, 0.05) is 42.8 Å². The number of rotatable bonds is 6. The Bertz CT molecular complexity index is 1340. The average molecular weight is 452 g/mol. The van der Waals surface area contributed by atoms with Crippen LogP contribution in [0.15, 0.2) is 41.6 Å². The van der Waals surface area contributed by atoms with Gasteiger partial charge in [0.15, 0.2) is 0 Å². The van der Waals surface area contributed by atoms with Crippen LogP contribution in [0.25, 0.3) is 10.2 Å². The molecule has 166 valence electrons. The molecule has 0 saturated heterocycles. The van der Waals surface area contributed by atoms with Crippen LogP contribution < -0.4 is 10.9 Å². The molecule has 3 aromatic heterocycles. The number of nitrogens with one attached hydrogen (secondary N) is 1. The zero-order valence-electron chi connectivity index (χ0n) is 18.3. The first-order chi connectivity index (χ1) is 15.5. The molecule has 1 aliphatic carbocycles. The zero-order chi connectivity index (χ0) is 22.2. The summed E-state index contributed by atoms with van der Waals surface area (Å²) in [5.74, 6) is -0.253. The monoisotopic (exact) mass is 451 g/mol. The molecule has 0 bridgehead atoms.